The second-order valence-electron chi connectivity index (χ2n) is 21.1. The molecule has 2 aliphatic heterocycles. The van der Waals surface area contributed by atoms with Crippen LogP contribution in [0.1, 0.15) is 120 Å². The zero-order valence-corrected chi connectivity index (χ0v) is 34.6. The zero-order valence-electron chi connectivity index (χ0n) is 34.6. The van der Waals surface area contributed by atoms with Gasteiger partial charge in [0.05, 0.1) is 19.8 Å². The highest BCUT2D eigenvalue weighted by Gasteiger charge is 2.68. The van der Waals surface area contributed by atoms with Crippen molar-refractivity contribution in [3.05, 3.63) is 11.6 Å². The number of aliphatic hydroxyl groups is 6. The van der Waals surface area contributed by atoms with Gasteiger partial charge in [0.1, 0.15) is 42.7 Å². The molecule has 0 unspecified atom stereocenters. The van der Waals surface area contributed by atoms with E-state index in [-0.39, 0.29) is 27.8 Å². The molecule has 12 nitrogen and oxygen atoms in total. The summed E-state index contributed by atoms with van der Waals surface area (Å²) < 4.78 is 29.0. The molecule has 0 radical (unpaired) electrons. The first kappa shape index (κ1) is 42.0. The van der Waals surface area contributed by atoms with Crippen LogP contribution in [0.3, 0.4) is 0 Å². The fourth-order valence-corrected chi connectivity index (χ4v) is 13.7. The molecule has 7 rings (SSSR count). The quantitative estimate of drug-likeness (QED) is 0.130. The summed E-state index contributed by atoms with van der Waals surface area (Å²) >= 11 is 0. The Morgan fingerprint density at radius 3 is 2.11 bits per heavy atom. The van der Waals surface area contributed by atoms with Gasteiger partial charge in [-0.1, -0.05) is 67.0 Å². The first-order valence-corrected chi connectivity index (χ1v) is 21.0. The molecule has 5 aliphatic carbocycles. The number of carbonyl (C=O) groups is 1. The van der Waals surface area contributed by atoms with E-state index in [0.29, 0.717) is 35.0 Å². The summed E-state index contributed by atoms with van der Waals surface area (Å²) in [5.41, 5.74) is 2.50. The molecule has 0 aromatic rings. The lowest BCUT2D eigenvalue weighted by Gasteiger charge is -2.71. The van der Waals surface area contributed by atoms with Crippen LogP contribution in [0.15, 0.2) is 11.6 Å². The van der Waals surface area contributed by atoms with Crippen LogP contribution in [-0.4, -0.2) is 118 Å². The molecule has 0 bridgehead atoms. The third-order valence-corrected chi connectivity index (χ3v) is 17.4. The Balaban J connectivity index is 1.12. The van der Waals surface area contributed by atoms with Crippen LogP contribution in [-0.2, 0) is 28.5 Å². The van der Waals surface area contributed by atoms with Crippen LogP contribution < -0.4 is 0 Å². The van der Waals surface area contributed by atoms with E-state index in [1.807, 2.05) is 0 Å². The number of esters is 1. The number of methoxy groups -OCH3 is 1. The number of rotatable bonds is 6. The second kappa shape index (κ2) is 14.2. The van der Waals surface area contributed by atoms with Crippen LogP contribution in [0.4, 0.5) is 0 Å². The Morgan fingerprint density at radius 1 is 0.764 bits per heavy atom. The van der Waals surface area contributed by atoms with Crippen LogP contribution in [0.2, 0.25) is 0 Å². The Morgan fingerprint density at radius 2 is 1.44 bits per heavy atom. The monoisotopic (exact) mass is 778 g/mol. The minimum Gasteiger partial charge on any atom is -0.467 e. The molecule has 2 saturated heterocycles. The van der Waals surface area contributed by atoms with E-state index in [1.54, 1.807) is 5.57 Å². The molecule has 0 aromatic heterocycles. The van der Waals surface area contributed by atoms with Gasteiger partial charge in [-0.25, -0.2) is 4.79 Å². The highest BCUT2D eigenvalue weighted by atomic mass is 16.7. The second-order valence-corrected chi connectivity index (χ2v) is 21.1. The SMILES string of the molecule is COC(=O)[C@H]1O[C@@H](O[C@H]2CC[C@]3(C)[C@H]4CC=C5[C@@H]6CC(C)(C)CC[C@]6(C)CC[C@@]5(C)[C@]4(C)CC[C@H]3C2(C)C)[C@H](O)[C@@H](O[C@@H]2O[C@H](CO)[C@H](O)[C@H](O)[C@H]2O)[C@@H]1O. The average molecular weight is 779 g/mol. The normalized spacial score (nSPS) is 53.1. The maximum atomic E-state index is 12.9. The molecule has 2 heterocycles. The van der Waals surface area contributed by atoms with E-state index in [1.165, 1.54) is 32.1 Å². The summed E-state index contributed by atoms with van der Waals surface area (Å²) in [7, 11) is 1.15. The zero-order chi connectivity index (χ0) is 40.3. The number of aliphatic hydroxyl groups excluding tert-OH is 6. The van der Waals surface area contributed by atoms with Gasteiger partial charge in [-0.2, -0.15) is 0 Å². The third-order valence-electron chi connectivity index (χ3n) is 17.4. The lowest BCUT2D eigenvalue weighted by molar-refractivity contribution is -0.365. The summed E-state index contributed by atoms with van der Waals surface area (Å²) in [5.74, 6) is 0.541. The number of hydrogen-bond acceptors (Lipinski definition) is 12. The summed E-state index contributed by atoms with van der Waals surface area (Å²) in [5, 5.41) is 63.9. The Bertz CT molecular complexity index is 1480. The third kappa shape index (κ3) is 6.41. The largest absolute Gasteiger partial charge is 0.467 e. The van der Waals surface area contributed by atoms with Gasteiger partial charge in [0, 0.05) is 0 Å². The predicted molar refractivity (Wildman–Crippen MR) is 201 cm³/mol. The lowest BCUT2D eigenvalue weighted by Crippen LogP contribution is -2.67. The molecule has 6 N–H and O–H groups in total. The number of allylic oxidation sites excluding steroid dienone is 2. The van der Waals surface area contributed by atoms with Crippen molar-refractivity contribution in [2.75, 3.05) is 13.7 Å². The maximum Gasteiger partial charge on any atom is 0.337 e. The molecule has 0 amide bonds. The van der Waals surface area contributed by atoms with Gasteiger partial charge < -0.3 is 54.3 Å². The van der Waals surface area contributed by atoms with Gasteiger partial charge in [-0.3, -0.25) is 0 Å². The van der Waals surface area contributed by atoms with Gasteiger partial charge in [-0.15, -0.1) is 0 Å². The van der Waals surface area contributed by atoms with Crippen molar-refractivity contribution in [1.29, 1.82) is 0 Å². The van der Waals surface area contributed by atoms with Gasteiger partial charge in [-0.05, 0) is 114 Å². The molecular weight excluding hydrogens is 708 g/mol. The standard InChI is InChI=1S/C43H70O12/c1-38(2)16-17-40(5)18-19-42(7)22(23(40)20-38)10-11-26-41(6)14-13-27(39(3,4)25(41)12-15-43(26,42)8)53-37-32(49)33(31(48)34(55-37)35(50)51-9)54-36-30(47)29(46)28(45)24(21-44)52-36/h10,23-34,36-37,44-49H,11-21H2,1-9H3/t23-,24+,25-,26+,27-,28-,29-,30+,31-,32+,33-,34-,36-,37+,40+,41-,42+,43+/m0/s1. The van der Waals surface area contributed by atoms with E-state index >= 15 is 0 Å². The van der Waals surface area contributed by atoms with Gasteiger partial charge >= 0.3 is 5.97 Å². The summed E-state index contributed by atoms with van der Waals surface area (Å²) in [6.45, 7) is 19.0. The van der Waals surface area contributed by atoms with Crippen molar-refractivity contribution < 1.29 is 59.1 Å². The van der Waals surface area contributed by atoms with E-state index in [0.717, 1.165) is 32.8 Å². The number of ether oxygens (including phenoxy) is 5. The van der Waals surface area contributed by atoms with Crippen molar-refractivity contribution >= 4 is 5.97 Å². The molecule has 0 spiro atoms. The molecule has 4 saturated carbocycles. The predicted octanol–water partition coefficient (Wildman–Crippen LogP) is 4.00. The van der Waals surface area contributed by atoms with Crippen molar-refractivity contribution in [2.45, 2.75) is 187 Å². The van der Waals surface area contributed by atoms with Crippen LogP contribution in [0, 0.1) is 50.2 Å². The average Bonchev–Trinajstić information content (AvgIpc) is 3.12. The molecule has 55 heavy (non-hydrogen) atoms. The van der Waals surface area contributed by atoms with Gasteiger partial charge in [0.25, 0.3) is 0 Å². The van der Waals surface area contributed by atoms with Crippen LogP contribution >= 0.6 is 0 Å². The highest BCUT2D eigenvalue weighted by Crippen LogP contribution is 2.75. The number of carbonyl (C=O) groups excluding carboxylic acids is 1. The van der Waals surface area contributed by atoms with E-state index in [2.05, 4.69) is 61.5 Å². The smallest absolute Gasteiger partial charge is 0.337 e. The molecule has 6 fully saturated rings. The highest BCUT2D eigenvalue weighted by molar-refractivity contribution is 5.75. The van der Waals surface area contributed by atoms with Crippen LogP contribution in [0.5, 0.6) is 0 Å². The topological polar surface area (TPSA) is 185 Å². The molecule has 18 atom stereocenters. The first-order valence-electron chi connectivity index (χ1n) is 21.0. The molecular formula is C43H70O12. The molecule has 12 heteroatoms. The lowest BCUT2D eigenvalue weighted by atomic mass is 9.33. The summed E-state index contributed by atoms with van der Waals surface area (Å²) in [6.07, 6.45) is -2.49. The van der Waals surface area contributed by atoms with Crippen molar-refractivity contribution in [3.63, 3.8) is 0 Å². The van der Waals surface area contributed by atoms with Gasteiger partial charge in [0.15, 0.2) is 18.7 Å². The molecule has 7 aliphatic rings. The van der Waals surface area contributed by atoms with E-state index in [4.69, 9.17) is 23.7 Å². The Hall–Kier alpha value is -1.19. The fraction of sp³-hybridized carbons (Fsp3) is 0.930. The Labute approximate surface area is 327 Å². The number of hydrogen-bond donors (Lipinski definition) is 6. The molecule has 0 aromatic carbocycles. The molecule has 314 valence electrons. The minimum atomic E-state index is -1.79. The van der Waals surface area contributed by atoms with E-state index < -0.39 is 74.0 Å². The summed E-state index contributed by atoms with van der Waals surface area (Å²) in [4.78, 5) is 12.9. The number of fused-ring (bicyclic) bond motifs is 7. The summed E-state index contributed by atoms with van der Waals surface area (Å²) in [6, 6.07) is 0. The Kier molecular flexibility index (Phi) is 10.9. The minimum absolute atomic E-state index is 0.0412. The first-order chi connectivity index (χ1) is 25.6. The van der Waals surface area contributed by atoms with E-state index in [9.17, 15) is 35.4 Å². The van der Waals surface area contributed by atoms with Crippen LogP contribution in [0.25, 0.3) is 0 Å². The fourth-order valence-electron chi connectivity index (χ4n) is 13.7. The van der Waals surface area contributed by atoms with Crippen molar-refractivity contribution in [1.82, 2.24) is 0 Å². The van der Waals surface area contributed by atoms with Crippen molar-refractivity contribution in [3.8, 4) is 0 Å². The maximum absolute atomic E-state index is 12.9. The van der Waals surface area contributed by atoms with Gasteiger partial charge in [0.2, 0.25) is 0 Å². The van der Waals surface area contributed by atoms with Crippen molar-refractivity contribution in [2.24, 2.45) is 50.2 Å².